The summed E-state index contributed by atoms with van der Waals surface area (Å²) >= 11 is 3.35. The van der Waals surface area contributed by atoms with E-state index in [4.69, 9.17) is 0 Å². The Bertz CT molecular complexity index is 491. The lowest BCUT2D eigenvalue weighted by Crippen LogP contribution is -1.98. The van der Waals surface area contributed by atoms with Crippen molar-refractivity contribution in [1.29, 1.82) is 0 Å². The molecule has 0 aliphatic carbocycles. The molecule has 0 N–H and O–H groups in total. The SMILES string of the molecule is [O-]/[N+](=C\c1ccc(Br)cc1)c1ccccc1. The van der Waals surface area contributed by atoms with Crippen molar-refractivity contribution >= 4 is 27.8 Å². The van der Waals surface area contributed by atoms with Crippen LogP contribution in [0.4, 0.5) is 5.69 Å². The highest BCUT2D eigenvalue weighted by atomic mass is 79.9. The van der Waals surface area contributed by atoms with Crippen molar-refractivity contribution in [3.8, 4) is 0 Å². The van der Waals surface area contributed by atoms with Crippen LogP contribution in [0, 0.1) is 5.21 Å². The summed E-state index contributed by atoms with van der Waals surface area (Å²) < 4.78 is 1.87. The quantitative estimate of drug-likeness (QED) is 0.355. The average Bonchev–Trinajstić information content (AvgIpc) is 2.33. The molecule has 0 bridgehead atoms. The van der Waals surface area contributed by atoms with Crippen LogP contribution in [0.2, 0.25) is 0 Å². The van der Waals surface area contributed by atoms with Crippen LogP contribution < -0.4 is 0 Å². The van der Waals surface area contributed by atoms with E-state index in [0.29, 0.717) is 5.69 Å². The Morgan fingerprint density at radius 3 is 2.19 bits per heavy atom. The summed E-state index contributed by atoms with van der Waals surface area (Å²) in [6.45, 7) is 0. The highest BCUT2D eigenvalue weighted by molar-refractivity contribution is 9.10. The zero-order valence-corrected chi connectivity index (χ0v) is 10.1. The molecule has 3 heteroatoms. The number of nitrogens with zero attached hydrogens (tertiary/aromatic N) is 1. The summed E-state index contributed by atoms with van der Waals surface area (Å²) in [6, 6.07) is 16.7. The molecule has 0 aromatic heterocycles. The summed E-state index contributed by atoms with van der Waals surface area (Å²) in [4.78, 5) is 0. The minimum Gasteiger partial charge on any atom is -0.618 e. The standard InChI is InChI=1S/C13H10BrNO/c14-12-8-6-11(7-9-12)10-15(16)13-4-2-1-3-5-13/h1-10H/b15-10-. The van der Waals surface area contributed by atoms with E-state index in [1.807, 2.05) is 42.5 Å². The lowest BCUT2D eigenvalue weighted by atomic mass is 10.2. The number of hydrogen-bond acceptors (Lipinski definition) is 1. The number of benzene rings is 2. The monoisotopic (exact) mass is 275 g/mol. The first-order valence-corrected chi connectivity index (χ1v) is 5.67. The van der Waals surface area contributed by atoms with Crippen molar-refractivity contribution in [2.24, 2.45) is 0 Å². The van der Waals surface area contributed by atoms with Gasteiger partial charge in [-0.3, -0.25) is 0 Å². The fourth-order valence-corrected chi connectivity index (χ4v) is 1.60. The fourth-order valence-electron chi connectivity index (χ4n) is 1.33. The van der Waals surface area contributed by atoms with Gasteiger partial charge in [0.2, 0.25) is 5.69 Å². The Kier molecular flexibility index (Phi) is 3.37. The molecule has 0 fully saturated rings. The molecule has 0 aliphatic heterocycles. The molecule has 0 saturated carbocycles. The van der Waals surface area contributed by atoms with Crippen molar-refractivity contribution in [3.63, 3.8) is 0 Å². The summed E-state index contributed by atoms with van der Waals surface area (Å²) in [6.07, 6.45) is 1.56. The van der Waals surface area contributed by atoms with Crippen LogP contribution in [-0.2, 0) is 0 Å². The summed E-state index contributed by atoms with van der Waals surface area (Å²) in [5.74, 6) is 0. The van der Waals surface area contributed by atoms with Gasteiger partial charge in [0.05, 0.1) is 0 Å². The first-order chi connectivity index (χ1) is 7.75. The average molecular weight is 276 g/mol. The molecule has 0 unspecified atom stereocenters. The van der Waals surface area contributed by atoms with Gasteiger partial charge in [0, 0.05) is 22.2 Å². The Labute approximate surface area is 103 Å². The Morgan fingerprint density at radius 1 is 0.938 bits per heavy atom. The van der Waals surface area contributed by atoms with Crippen LogP contribution in [-0.4, -0.2) is 11.0 Å². The molecule has 0 atom stereocenters. The molecule has 0 heterocycles. The lowest BCUT2D eigenvalue weighted by Gasteiger charge is -2.02. The second kappa shape index (κ2) is 4.94. The Morgan fingerprint density at radius 2 is 1.56 bits per heavy atom. The van der Waals surface area contributed by atoms with Gasteiger partial charge in [-0.1, -0.05) is 34.1 Å². The molecular weight excluding hydrogens is 266 g/mol. The van der Waals surface area contributed by atoms with Gasteiger partial charge in [-0.15, -0.1) is 0 Å². The molecule has 16 heavy (non-hydrogen) atoms. The zero-order valence-electron chi connectivity index (χ0n) is 8.51. The normalized spacial score (nSPS) is 11.4. The molecule has 2 nitrogen and oxygen atoms in total. The fraction of sp³-hybridized carbons (Fsp3) is 0. The van der Waals surface area contributed by atoms with Crippen LogP contribution in [0.5, 0.6) is 0 Å². The zero-order chi connectivity index (χ0) is 11.4. The van der Waals surface area contributed by atoms with Crippen LogP contribution in [0.15, 0.2) is 59.1 Å². The number of halogens is 1. The topological polar surface area (TPSA) is 26.1 Å². The van der Waals surface area contributed by atoms with Gasteiger partial charge >= 0.3 is 0 Å². The molecule has 2 aromatic rings. The third-order valence-electron chi connectivity index (χ3n) is 2.15. The van der Waals surface area contributed by atoms with Gasteiger partial charge in [0.25, 0.3) is 0 Å². The molecule has 2 rings (SSSR count). The Balaban J connectivity index is 2.28. The van der Waals surface area contributed by atoms with Crippen molar-refractivity contribution in [2.45, 2.75) is 0 Å². The molecule has 0 aliphatic rings. The van der Waals surface area contributed by atoms with E-state index in [9.17, 15) is 5.21 Å². The van der Waals surface area contributed by atoms with Crippen LogP contribution in [0.25, 0.3) is 0 Å². The maximum Gasteiger partial charge on any atom is 0.216 e. The molecule has 2 aromatic carbocycles. The maximum atomic E-state index is 11.7. The van der Waals surface area contributed by atoms with E-state index < -0.39 is 0 Å². The van der Waals surface area contributed by atoms with Gasteiger partial charge in [0.1, 0.15) is 0 Å². The highest BCUT2D eigenvalue weighted by Crippen LogP contribution is 2.11. The molecule has 0 radical (unpaired) electrons. The predicted octanol–water partition coefficient (Wildman–Crippen LogP) is 3.71. The van der Waals surface area contributed by atoms with Crippen LogP contribution in [0.3, 0.4) is 0 Å². The largest absolute Gasteiger partial charge is 0.618 e. The van der Waals surface area contributed by atoms with E-state index in [1.165, 1.54) is 0 Å². The Hall–Kier alpha value is -1.61. The van der Waals surface area contributed by atoms with E-state index >= 15 is 0 Å². The molecule has 0 saturated heterocycles. The molecular formula is C13H10BrNO. The first-order valence-electron chi connectivity index (χ1n) is 4.87. The summed E-state index contributed by atoms with van der Waals surface area (Å²) in [5.41, 5.74) is 1.51. The van der Waals surface area contributed by atoms with Crippen LogP contribution >= 0.6 is 15.9 Å². The highest BCUT2D eigenvalue weighted by Gasteiger charge is 1.99. The second-order valence-corrected chi connectivity index (χ2v) is 4.26. The van der Waals surface area contributed by atoms with Crippen molar-refractivity contribution in [3.05, 3.63) is 69.8 Å². The molecule has 0 amide bonds. The van der Waals surface area contributed by atoms with Crippen molar-refractivity contribution in [1.82, 2.24) is 0 Å². The molecule has 0 spiro atoms. The van der Waals surface area contributed by atoms with Crippen LogP contribution in [0.1, 0.15) is 5.56 Å². The van der Waals surface area contributed by atoms with Gasteiger partial charge in [-0.2, -0.15) is 4.74 Å². The predicted molar refractivity (Wildman–Crippen MR) is 69.0 cm³/mol. The van der Waals surface area contributed by atoms with Gasteiger partial charge in [0.15, 0.2) is 6.21 Å². The first kappa shape index (κ1) is 10.9. The summed E-state index contributed by atoms with van der Waals surface area (Å²) in [5, 5.41) is 11.7. The third kappa shape index (κ3) is 2.70. The second-order valence-electron chi connectivity index (χ2n) is 3.34. The minimum atomic E-state index is 0.630. The van der Waals surface area contributed by atoms with Gasteiger partial charge < -0.3 is 5.21 Å². The van der Waals surface area contributed by atoms with E-state index in [2.05, 4.69) is 15.9 Å². The number of para-hydroxylation sites is 1. The van der Waals surface area contributed by atoms with Gasteiger partial charge in [-0.05, 0) is 24.3 Å². The maximum absolute atomic E-state index is 11.7. The third-order valence-corrected chi connectivity index (χ3v) is 2.68. The van der Waals surface area contributed by atoms with E-state index in [-0.39, 0.29) is 0 Å². The minimum absolute atomic E-state index is 0.630. The van der Waals surface area contributed by atoms with Gasteiger partial charge in [-0.25, -0.2) is 0 Å². The lowest BCUT2D eigenvalue weighted by molar-refractivity contribution is -0.354. The smallest absolute Gasteiger partial charge is 0.216 e. The summed E-state index contributed by atoms with van der Waals surface area (Å²) in [7, 11) is 0. The number of rotatable bonds is 2. The van der Waals surface area contributed by atoms with Crippen molar-refractivity contribution in [2.75, 3.05) is 0 Å². The number of hydrogen-bond donors (Lipinski definition) is 0. The van der Waals surface area contributed by atoms with Crippen molar-refractivity contribution < 1.29 is 4.74 Å². The van der Waals surface area contributed by atoms with E-state index in [0.717, 1.165) is 14.8 Å². The molecule has 80 valence electrons. The van der Waals surface area contributed by atoms with E-state index in [1.54, 1.807) is 18.3 Å².